The maximum absolute atomic E-state index is 13.9. The number of anilines is 2. The van der Waals surface area contributed by atoms with Crippen molar-refractivity contribution < 1.29 is 19.4 Å². The second kappa shape index (κ2) is 12.3. The molecule has 0 bridgehead atoms. The monoisotopic (exact) mass is 585 g/mol. The average molecular weight is 586 g/mol. The summed E-state index contributed by atoms with van der Waals surface area (Å²) >= 11 is 1.57. The molecule has 1 amide bonds. The molecule has 6 rings (SSSR count). The lowest BCUT2D eigenvalue weighted by molar-refractivity contribution is -0.129. The number of rotatable bonds is 7. The maximum Gasteiger partial charge on any atom is 0.228 e. The summed E-state index contributed by atoms with van der Waals surface area (Å²) in [6.45, 7) is 4.81. The number of aromatic hydroxyl groups is 1. The standard InChI is InChI=1S/C30H31N7O4S/c1-20(38)36-11-12-37(23(17-36)27(40)22-9-5-6-10-24(22)39)30-33-26-25(28(34-30)35-13-15-41-16-14-35)31-19-32-29(26)42-18-21-7-3-2-4-8-21/h2-10,19,23,39H,11-18H2,1H3. The number of ether oxygens (including phenoxy) is 1. The highest BCUT2D eigenvalue weighted by atomic mass is 32.2. The molecular weight excluding hydrogens is 554 g/mol. The van der Waals surface area contributed by atoms with E-state index < -0.39 is 6.04 Å². The molecule has 216 valence electrons. The number of carbonyl (C=O) groups is 2. The van der Waals surface area contributed by atoms with Crippen LogP contribution in [0.1, 0.15) is 22.8 Å². The summed E-state index contributed by atoms with van der Waals surface area (Å²) in [5.41, 5.74) is 2.59. The number of hydrogen-bond donors (Lipinski definition) is 1. The number of morpholine rings is 1. The number of nitrogens with zero attached hydrogens (tertiary/aromatic N) is 7. The summed E-state index contributed by atoms with van der Waals surface area (Å²) in [7, 11) is 0. The van der Waals surface area contributed by atoms with Gasteiger partial charge in [0.05, 0.1) is 18.8 Å². The second-order valence-electron chi connectivity index (χ2n) is 10.2. The lowest BCUT2D eigenvalue weighted by Crippen LogP contribution is -2.58. The number of piperazine rings is 1. The van der Waals surface area contributed by atoms with E-state index in [1.807, 2.05) is 23.1 Å². The van der Waals surface area contributed by atoms with Crippen LogP contribution in [0.4, 0.5) is 11.8 Å². The number of para-hydroxylation sites is 1. The zero-order chi connectivity index (χ0) is 29.1. The first-order valence-corrected chi connectivity index (χ1v) is 14.8. The molecule has 2 aromatic heterocycles. The van der Waals surface area contributed by atoms with Crippen molar-refractivity contribution in [3.8, 4) is 5.75 Å². The van der Waals surface area contributed by atoms with E-state index in [9.17, 15) is 14.7 Å². The van der Waals surface area contributed by atoms with Gasteiger partial charge in [-0.2, -0.15) is 4.98 Å². The van der Waals surface area contributed by atoms with Crippen LogP contribution >= 0.6 is 11.8 Å². The van der Waals surface area contributed by atoms with Gasteiger partial charge in [0.15, 0.2) is 11.6 Å². The Morgan fingerprint density at radius 2 is 1.71 bits per heavy atom. The Bertz CT molecular complexity index is 1600. The third-order valence-electron chi connectivity index (χ3n) is 7.50. The highest BCUT2D eigenvalue weighted by Crippen LogP contribution is 2.34. The smallest absolute Gasteiger partial charge is 0.228 e. The fourth-order valence-electron chi connectivity index (χ4n) is 5.25. The summed E-state index contributed by atoms with van der Waals surface area (Å²) in [6, 6.07) is 15.8. The molecular formula is C30H31N7O4S. The van der Waals surface area contributed by atoms with E-state index in [0.29, 0.717) is 73.0 Å². The molecule has 12 heteroatoms. The van der Waals surface area contributed by atoms with E-state index in [4.69, 9.17) is 14.7 Å². The Morgan fingerprint density at radius 1 is 0.952 bits per heavy atom. The summed E-state index contributed by atoms with van der Waals surface area (Å²) < 4.78 is 5.60. The van der Waals surface area contributed by atoms with Gasteiger partial charge in [0.2, 0.25) is 11.9 Å². The van der Waals surface area contributed by atoms with Gasteiger partial charge in [-0.15, -0.1) is 0 Å². The van der Waals surface area contributed by atoms with Crippen molar-refractivity contribution in [2.75, 3.05) is 55.7 Å². The SMILES string of the molecule is CC(=O)N1CCN(c2nc(N3CCOCC3)c3ncnc(SCc4ccccc4)c3n2)C(C(=O)c2ccccc2O)C1. The number of benzene rings is 2. The number of aromatic nitrogens is 4. The van der Waals surface area contributed by atoms with Crippen molar-refractivity contribution in [1.29, 1.82) is 0 Å². The third-order valence-corrected chi connectivity index (χ3v) is 8.55. The number of ketones is 1. The molecule has 4 heterocycles. The minimum atomic E-state index is -0.795. The minimum absolute atomic E-state index is 0.108. The minimum Gasteiger partial charge on any atom is -0.507 e. The molecule has 2 saturated heterocycles. The van der Waals surface area contributed by atoms with Gasteiger partial charge in [-0.25, -0.2) is 15.0 Å². The van der Waals surface area contributed by atoms with Crippen molar-refractivity contribution in [1.82, 2.24) is 24.8 Å². The van der Waals surface area contributed by atoms with Crippen LogP contribution in [0, 0.1) is 0 Å². The van der Waals surface area contributed by atoms with Crippen molar-refractivity contribution >= 4 is 46.3 Å². The Kier molecular flexibility index (Phi) is 8.15. The zero-order valence-corrected chi connectivity index (χ0v) is 24.0. The molecule has 0 radical (unpaired) electrons. The second-order valence-corrected chi connectivity index (χ2v) is 11.1. The van der Waals surface area contributed by atoms with E-state index in [1.165, 1.54) is 13.0 Å². The summed E-state index contributed by atoms with van der Waals surface area (Å²) in [4.78, 5) is 51.0. The van der Waals surface area contributed by atoms with Gasteiger partial charge in [-0.3, -0.25) is 9.59 Å². The largest absolute Gasteiger partial charge is 0.507 e. The molecule has 0 spiro atoms. The quantitative estimate of drug-likeness (QED) is 0.195. The first kappa shape index (κ1) is 27.9. The Labute approximate surface area is 247 Å². The molecule has 0 saturated carbocycles. The Hall–Kier alpha value is -4.29. The van der Waals surface area contributed by atoms with E-state index in [0.717, 1.165) is 5.56 Å². The fraction of sp³-hybridized carbons (Fsp3) is 0.333. The van der Waals surface area contributed by atoms with Crippen LogP contribution in [0.5, 0.6) is 5.75 Å². The van der Waals surface area contributed by atoms with E-state index in [1.54, 1.807) is 41.2 Å². The van der Waals surface area contributed by atoms with Crippen LogP contribution in [0.25, 0.3) is 11.0 Å². The summed E-state index contributed by atoms with van der Waals surface area (Å²) in [6.07, 6.45) is 1.54. The highest BCUT2D eigenvalue weighted by Gasteiger charge is 2.37. The molecule has 2 aromatic carbocycles. The first-order chi connectivity index (χ1) is 20.5. The molecule has 1 N–H and O–H groups in total. The van der Waals surface area contributed by atoms with Gasteiger partial charge in [-0.1, -0.05) is 54.2 Å². The number of phenolic OH excluding ortho intramolecular Hbond substituents is 1. The number of amides is 1. The highest BCUT2D eigenvalue weighted by molar-refractivity contribution is 7.98. The number of hydrogen-bond acceptors (Lipinski definition) is 11. The number of fused-ring (bicyclic) bond motifs is 1. The predicted octanol–water partition coefficient (Wildman–Crippen LogP) is 3.17. The van der Waals surface area contributed by atoms with Gasteiger partial charge in [-0.05, 0) is 17.7 Å². The van der Waals surface area contributed by atoms with E-state index in [2.05, 4.69) is 27.0 Å². The van der Waals surface area contributed by atoms with Crippen LogP contribution < -0.4 is 9.80 Å². The van der Waals surface area contributed by atoms with Gasteiger partial charge in [0, 0.05) is 45.4 Å². The molecule has 1 unspecified atom stereocenters. The molecule has 0 aliphatic carbocycles. The Balaban J connectivity index is 1.45. The van der Waals surface area contributed by atoms with Crippen LogP contribution in [0.3, 0.4) is 0 Å². The normalized spacial score (nSPS) is 17.5. The summed E-state index contributed by atoms with van der Waals surface area (Å²) in [5.74, 6) is 1.18. The van der Waals surface area contributed by atoms with Crippen molar-refractivity contribution in [3.05, 3.63) is 72.1 Å². The molecule has 2 fully saturated rings. The van der Waals surface area contributed by atoms with Gasteiger partial charge in [0.25, 0.3) is 0 Å². The van der Waals surface area contributed by atoms with E-state index in [-0.39, 0.29) is 29.5 Å². The van der Waals surface area contributed by atoms with E-state index >= 15 is 0 Å². The van der Waals surface area contributed by atoms with Crippen molar-refractivity contribution in [2.45, 2.75) is 23.7 Å². The number of carbonyl (C=O) groups excluding carboxylic acids is 2. The predicted molar refractivity (Wildman–Crippen MR) is 160 cm³/mol. The number of Topliss-reactive ketones (excluding diaryl/α,β-unsaturated/α-hetero) is 1. The number of thioether (sulfide) groups is 1. The van der Waals surface area contributed by atoms with Gasteiger partial charge >= 0.3 is 0 Å². The van der Waals surface area contributed by atoms with Gasteiger partial charge < -0.3 is 24.5 Å². The lowest BCUT2D eigenvalue weighted by Gasteiger charge is -2.40. The third kappa shape index (κ3) is 5.72. The molecule has 1 atom stereocenters. The van der Waals surface area contributed by atoms with Crippen LogP contribution in [0.2, 0.25) is 0 Å². The van der Waals surface area contributed by atoms with Crippen LogP contribution in [-0.2, 0) is 15.3 Å². The molecule has 2 aliphatic rings. The average Bonchev–Trinajstić information content (AvgIpc) is 3.03. The van der Waals surface area contributed by atoms with Crippen molar-refractivity contribution in [3.63, 3.8) is 0 Å². The summed E-state index contributed by atoms with van der Waals surface area (Å²) in [5, 5.41) is 11.2. The molecule has 42 heavy (non-hydrogen) atoms. The maximum atomic E-state index is 13.9. The fourth-order valence-corrected chi connectivity index (χ4v) is 6.15. The Morgan fingerprint density at radius 3 is 2.48 bits per heavy atom. The van der Waals surface area contributed by atoms with Crippen molar-refractivity contribution in [2.24, 2.45) is 0 Å². The van der Waals surface area contributed by atoms with Crippen LogP contribution in [-0.4, -0.2) is 93.6 Å². The first-order valence-electron chi connectivity index (χ1n) is 13.9. The lowest BCUT2D eigenvalue weighted by atomic mass is 9.99. The topological polar surface area (TPSA) is 125 Å². The zero-order valence-electron chi connectivity index (χ0n) is 23.2. The van der Waals surface area contributed by atoms with Gasteiger partial charge in [0.1, 0.15) is 34.2 Å². The molecule has 2 aliphatic heterocycles. The molecule has 11 nitrogen and oxygen atoms in total. The number of phenols is 1. The molecule has 4 aromatic rings. The van der Waals surface area contributed by atoms with Crippen LogP contribution in [0.15, 0.2) is 66.0 Å².